The van der Waals surface area contributed by atoms with Crippen molar-refractivity contribution >= 4 is 17.9 Å². The summed E-state index contributed by atoms with van der Waals surface area (Å²) in [5.41, 5.74) is 6.07. The van der Waals surface area contributed by atoms with Crippen molar-refractivity contribution in [2.24, 2.45) is 11.7 Å². The Labute approximate surface area is 123 Å². The number of rotatable bonds is 3. The molecule has 0 aliphatic carbocycles. The molecule has 5 heteroatoms. The number of primary amides is 1. The molecule has 0 saturated carbocycles. The summed E-state index contributed by atoms with van der Waals surface area (Å²) < 4.78 is 12.8. The monoisotopic (exact) mass is 290 g/mol. The van der Waals surface area contributed by atoms with Gasteiger partial charge in [0.2, 0.25) is 11.8 Å². The van der Waals surface area contributed by atoms with Crippen molar-refractivity contribution in [2.75, 3.05) is 6.54 Å². The predicted molar refractivity (Wildman–Crippen MR) is 78.5 cm³/mol. The van der Waals surface area contributed by atoms with E-state index in [-0.39, 0.29) is 29.6 Å². The van der Waals surface area contributed by atoms with E-state index in [1.165, 1.54) is 18.2 Å². The molecule has 21 heavy (non-hydrogen) atoms. The molecule has 0 radical (unpaired) electrons. The van der Waals surface area contributed by atoms with Crippen LogP contribution in [0.1, 0.15) is 25.3 Å². The number of halogens is 1. The number of nitrogens with two attached hydrogens (primary N) is 1. The van der Waals surface area contributed by atoms with Crippen molar-refractivity contribution in [3.05, 3.63) is 41.7 Å². The van der Waals surface area contributed by atoms with Gasteiger partial charge < -0.3 is 10.6 Å². The van der Waals surface area contributed by atoms with E-state index in [1.807, 2.05) is 6.92 Å². The summed E-state index contributed by atoms with van der Waals surface area (Å²) in [6, 6.07) is 5.98. The molecule has 1 heterocycles. The number of hydrogen-bond donors (Lipinski definition) is 1. The minimum atomic E-state index is -0.359. The quantitative estimate of drug-likeness (QED) is 0.865. The minimum absolute atomic E-state index is 0.0889. The van der Waals surface area contributed by atoms with E-state index in [2.05, 4.69) is 0 Å². The summed E-state index contributed by atoms with van der Waals surface area (Å²) in [6.07, 6.45) is 4.58. The number of nitrogens with zero attached hydrogens (tertiary/aromatic N) is 1. The van der Waals surface area contributed by atoms with Gasteiger partial charge in [0.15, 0.2) is 0 Å². The lowest BCUT2D eigenvalue weighted by Crippen LogP contribution is -2.48. The smallest absolute Gasteiger partial charge is 0.246 e. The van der Waals surface area contributed by atoms with Crippen molar-refractivity contribution in [2.45, 2.75) is 25.8 Å². The van der Waals surface area contributed by atoms with Gasteiger partial charge in [0, 0.05) is 18.7 Å². The number of benzene rings is 1. The molecule has 2 atom stereocenters. The SMILES string of the molecule is C[C@@H]1CC[C@H](C(N)=O)CN1C(=O)/C=C\c1ccc(F)cc1. The highest BCUT2D eigenvalue weighted by Crippen LogP contribution is 2.22. The normalized spacial score (nSPS) is 22.5. The fourth-order valence-electron chi connectivity index (χ4n) is 2.48. The first-order chi connectivity index (χ1) is 9.97. The van der Waals surface area contributed by atoms with E-state index in [9.17, 15) is 14.0 Å². The molecule has 1 aromatic carbocycles. The van der Waals surface area contributed by atoms with Crippen LogP contribution < -0.4 is 5.73 Å². The summed E-state index contributed by atoms with van der Waals surface area (Å²) in [5.74, 6) is -1.10. The molecule has 2 amide bonds. The molecule has 112 valence electrons. The molecule has 0 bridgehead atoms. The van der Waals surface area contributed by atoms with E-state index in [0.717, 1.165) is 18.4 Å². The van der Waals surface area contributed by atoms with Gasteiger partial charge in [-0.3, -0.25) is 9.59 Å². The molecule has 1 aliphatic rings. The van der Waals surface area contributed by atoms with Crippen molar-refractivity contribution in [1.29, 1.82) is 0 Å². The number of piperidine rings is 1. The van der Waals surface area contributed by atoms with Crippen LogP contribution in [0.15, 0.2) is 30.3 Å². The highest BCUT2D eigenvalue weighted by Gasteiger charge is 2.30. The van der Waals surface area contributed by atoms with Crippen molar-refractivity contribution < 1.29 is 14.0 Å². The maximum Gasteiger partial charge on any atom is 0.246 e. The maximum absolute atomic E-state index is 12.8. The van der Waals surface area contributed by atoms with Crippen LogP contribution in [0.2, 0.25) is 0 Å². The molecule has 0 spiro atoms. The van der Waals surface area contributed by atoms with Crippen LogP contribution in [0, 0.1) is 11.7 Å². The predicted octanol–water partition coefficient (Wildman–Crippen LogP) is 1.95. The summed E-state index contributed by atoms with van der Waals surface area (Å²) in [6.45, 7) is 2.32. The first-order valence-corrected chi connectivity index (χ1v) is 7.01. The third-order valence-corrected chi connectivity index (χ3v) is 3.86. The number of likely N-dealkylation sites (tertiary alicyclic amines) is 1. The Morgan fingerprint density at radius 2 is 1.95 bits per heavy atom. The fourth-order valence-corrected chi connectivity index (χ4v) is 2.48. The van der Waals surface area contributed by atoms with Crippen LogP contribution in [0.3, 0.4) is 0 Å². The number of hydrogen-bond acceptors (Lipinski definition) is 2. The molecule has 1 aromatic rings. The summed E-state index contributed by atoms with van der Waals surface area (Å²) in [4.78, 5) is 25.2. The molecular formula is C16H19FN2O2. The average molecular weight is 290 g/mol. The Morgan fingerprint density at radius 3 is 2.57 bits per heavy atom. The average Bonchev–Trinajstić information content (AvgIpc) is 2.46. The van der Waals surface area contributed by atoms with Gasteiger partial charge in [-0.1, -0.05) is 12.1 Å². The lowest BCUT2D eigenvalue weighted by molar-refractivity contribution is -0.133. The summed E-state index contributed by atoms with van der Waals surface area (Å²) in [5, 5.41) is 0. The zero-order valence-electron chi connectivity index (χ0n) is 12.0. The summed E-state index contributed by atoms with van der Waals surface area (Å²) >= 11 is 0. The van der Waals surface area contributed by atoms with Gasteiger partial charge in [-0.2, -0.15) is 0 Å². The van der Waals surface area contributed by atoms with Gasteiger partial charge in [0.25, 0.3) is 0 Å². The second-order valence-electron chi connectivity index (χ2n) is 5.40. The third kappa shape index (κ3) is 3.90. The Kier molecular flexibility index (Phi) is 4.73. The largest absolute Gasteiger partial charge is 0.369 e. The van der Waals surface area contributed by atoms with Gasteiger partial charge in [-0.05, 0) is 43.5 Å². The number of amides is 2. The van der Waals surface area contributed by atoms with Crippen molar-refractivity contribution in [3.63, 3.8) is 0 Å². The first kappa shape index (κ1) is 15.2. The van der Waals surface area contributed by atoms with Gasteiger partial charge in [0.05, 0.1) is 5.92 Å². The molecule has 4 nitrogen and oxygen atoms in total. The lowest BCUT2D eigenvalue weighted by atomic mass is 9.93. The van der Waals surface area contributed by atoms with Crippen LogP contribution in [0.25, 0.3) is 6.08 Å². The second kappa shape index (κ2) is 6.52. The van der Waals surface area contributed by atoms with Crippen LogP contribution in [0.4, 0.5) is 4.39 Å². The Balaban J connectivity index is 2.04. The maximum atomic E-state index is 12.8. The van der Waals surface area contributed by atoms with Crippen molar-refractivity contribution in [3.8, 4) is 0 Å². The van der Waals surface area contributed by atoms with E-state index in [0.29, 0.717) is 6.54 Å². The van der Waals surface area contributed by atoms with Crippen LogP contribution in [-0.4, -0.2) is 29.3 Å². The van der Waals surface area contributed by atoms with E-state index in [1.54, 1.807) is 23.1 Å². The molecule has 2 rings (SSSR count). The Bertz CT molecular complexity index is 554. The Hall–Kier alpha value is -2.17. The third-order valence-electron chi connectivity index (χ3n) is 3.86. The fraction of sp³-hybridized carbons (Fsp3) is 0.375. The highest BCUT2D eigenvalue weighted by molar-refractivity contribution is 5.92. The standard InChI is InChI=1S/C16H19FN2O2/c1-11-2-6-13(16(18)21)10-19(11)15(20)9-5-12-3-7-14(17)8-4-12/h3-5,7-9,11,13H,2,6,10H2,1H3,(H2,18,21)/b9-5-/t11-,13+/m1/s1. The molecule has 0 unspecified atom stereocenters. The van der Waals surface area contributed by atoms with Crippen LogP contribution >= 0.6 is 0 Å². The van der Waals surface area contributed by atoms with Gasteiger partial charge >= 0.3 is 0 Å². The van der Waals surface area contributed by atoms with Gasteiger partial charge in [0.1, 0.15) is 5.82 Å². The number of carbonyl (C=O) groups excluding carboxylic acids is 2. The Morgan fingerprint density at radius 1 is 1.29 bits per heavy atom. The first-order valence-electron chi connectivity index (χ1n) is 7.01. The van der Waals surface area contributed by atoms with E-state index in [4.69, 9.17) is 5.73 Å². The zero-order chi connectivity index (χ0) is 15.4. The molecule has 1 aliphatic heterocycles. The van der Waals surface area contributed by atoms with Crippen LogP contribution in [-0.2, 0) is 9.59 Å². The summed E-state index contributed by atoms with van der Waals surface area (Å²) in [7, 11) is 0. The molecular weight excluding hydrogens is 271 g/mol. The van der Waals surface area contributed by atoms with Crippen molar-refractivity contribution in [1.82, 2.24) is 4.90 Å². The van der Waals surface area contributed by atoms with E-state index < -0.39 is 0 Å². The number of carbonyl (C=O) groups is 2. The highest BCUT2D eigenvalue weighted by atomic mass is 19.1. The van der Waals surface area contributed by atoms with Gasteiger partial charge in [-0.25, -0.2) is 4.39 Å². The zero-order valence-corrected chi connectivity index (χ0v) is 12.0. The molecule has 0 aromatic heterocycles. The molecule has 1 saturated heterocycles. The van der Waals surface area contributed by atoms with E-state index >= 15 is 0 Å². The molecule has 2 N–H and O–H groups in total. The van der Waals surface area contributed by atoms with Crippen LogP contribution in [0.5, 0.6) is 0 Å². The topological polar surface area (TPSA) is 63.4 Å². The second-order valence-corrected chi connectivity index (χ2v) is 5.40. The minimum Gasteiger partial charge on any atom is -0.369 e. The molecule has 1 fully saturated rings. The lowest BCUT2D eigenvalue weighted by Gasteiger charge is -2.36. The van der Waals surface area contributed by atoms with Gasteiger partial charge in [-0.15, -0.1) is 0 Å².